The normalized spacial score (nSPS) is 20.9. The van der Waals surface area contributed by atoms with Crippen molar-refractivity contribution in [3.8, 4) is 0 Å². The van der Waals surface area contributed by atoms with Crippen molar-refractivity contribution in [1.82, 2.24) is 9.62 Å². The SMILES string of the molecule is CNCc1ccc(Br)c(S(=O)(=O)N2CCC(C)C2)c1. The van der Waals surface area contributed by atoms with Gasteiger partial charge in [-0.2, -0.15) is 4.31 Å². The molecule has 6 heteroatoms. The summed E-state index contributed by atoms with van der Waals surface area (Å²) in [6.07, 6.45) is 0.938. The number of hydrogen-bond donors (Lipinski definition) is 1. The third-order valence-electron chi connectivity index (χ3n) is 3.38. The van der Waals surface area contributed by atoms with Crippen LogP contribution in [0.5, 0.6) is 0 Å². The summed E-state index contributed by atoms with van der Waals surface area (Å²) in [4.78, 5) is 0.370. The third-order valence-corrected chi connectivity index (χ3v) is 6.24. The summed E-state index contributed by atoms with van der Waals surface area (Å²) in [6.45, 7) is 3.98. The van der Waals surface area contributed by atoms with E-state index in [0.29, 0.717) is 34.9 Å². The maximum absolute atomic E-state index is 12.6. The molecule has 1 N–H and O–H groups in total. The van der Waals surface area contributed by atoms with E-state index in [9.17, 15) is 8.42 Å². The fourth-order valence-electron chi connectivity index (χ4n) is 2.31. The standard InChI is InChI=1S/C13H19BrN2O2S/c1-10-5-6-16(9-10)19(17,18)13-7-11(8-15-2)3-4-12(13)14/h3-4,7,10,15H,5-6,8-9H2,1-2H3. The summed E-state index contributed by atoms with van der Waals surface area (Å²) in [6, 6.07) is 5.48. The molecule has 1 saturated heterocycles. The van der Waals surface area contributed by atoms with Crippen LogP contribution in [-0.4, -0.2) is 32.9 Å². The number of benzene rings is 1. The topological polar surface area (TPSA) is 49.4 Å². The van der Waals surface area contributed by atoms with E-state index in [1.807, 2.05) is 13.1 Å². The van der Waals surface area contributed by atoms with Gasteiger partial charge >= 0.3 is 0 Å². The van der Waals surface area contributed by atoms with Crippen LogP contribution < -0.4 is 5.32 Å². The van der Waals surface area contributed by atoms with Crippen LogP contribution in [0.15, 0.2) is 27.6 Å². The Balaban J connectivity index is 2.36. The lowest BCUT2D eigenvalue weighted by Crippen LogP contribution is -2.29. The van der Waals surface area contributed by atoms with E-state index in [-0.39, 0.29) is 0 Å². The molecule has 0 aromatic heterocycles. The zero-order chi connectivity index (χ0) is 14.0. The van der Waals surface area contributed by atoms with Crippen LogP contribution in [0.3, 0.4) is 0 Å². The molecule has 0 saturated carbocycles. The van der Waals surface area contributed by atoms with Crippen molar-refractivity contribution in [2.24, 2.45) is 5.92 Å². The molecule has 106 valence electrons. The number of nitrogens with zero attached hydrogens (tertiary/aromatic N) is 1. The van der Waals surface area contributed by atoms with Crippen molar-refractivity contribution in [3.05, 3.63) is 28.2 Å². The molecule has 1 aliphatic rings. The smallest absolute Gasteiger partial charge is 0.244 e. The largest absolute Gasteiger partial charge is 0.316 e. The van der Waals surface area contributed by atoms with Gasteiger partial charge in [0, 0.05) is 24.1 Å². The third kappa shape index (κ3) is 3.18. The Morgan fingerprint density at radius 2 is 2.21 bits per heavy atom. The highest BCUT2D eigenvalue weighted by atomic mass is 79.9. The molecule has 0 radical (unpaired) electrons. The van der Waals surface area contributed by atoms with Gasteiger partial charge < -0.3 is 5.32 Å². The quantitative estimate of drug-likeness (QED) is 0.909. The van der Waals surface area contributed by atoms with Crippen molar-refractivity contribution >= 4 is 26.0 Å². The highest BCUT2D eigenvalue weighted by Crippen LogP contribution is 2.29. The molecule has 1 aromatic rings. The molecule has 0 spiro atoms. The molecule has 1 heterocycles. The Labute approximate surface area is 123 Å². The van der Waals surface area contributed by atoms with Crippen LogP contribution >= 0.6 is 15.9 Å². The molecule has 19 heavy (non-hydrogen) atoms. The molecule has 0 bridgehead atoms. The van der Waals surface area contributed by atoms with Gasteiger partial charge in [-0.15, -0.1) is 0 Å². The Morgan fingerprint density at radius 3 is 2.79 bits per heavy atom. The van der Waals surface area contributed by atoms with Crippen molar-refractivity contribution in [2.75, 3.05) is 20.1 Å². The lowest BCUT2D eigenvalue weighted by atomic mass is 10.2. The zero-order valence-corrected chi connectivity index (χ0v) is 13.6. The average Bonchev–Trinajstić information content (AvgIpc) is 2.79. The summed E-state index contributed by atoms with van der Waals surface area (Å²) < 4.78 is 27.5. The first kappa shape index (κ1) is 15.0. The van der Waals surface area contributed by atoms with E-state index < -0.39 is 10.0 Å². The Hall–Kier alpha value is -0.430. The second kappa shape index (κ2) is 5.91. The van der Waals surface area contributed by atoms with Gasteiger partial charge in [0.1, 0.15) is 0 Å². The number of rotatable bonds is 4. The van der Waals surface area contributed by atoms with Crippen molar-refractivity contribution in [2.45, 2.75) is 24.8 Å². The maximum Gasteiger partial charge on any atom is 0.244 e. The minimum Gasteiger partial charge on any atom is -0.316 e. The van der Waals surface area contributed by atoms with E-state index >= 15 is 0 Å². The predicted molar refractivity (Wildman–Crippen MR) is 79.4 cm³/mol. The lowest BCUT2D eigenvalue weighted by molar-refractivity contribution is 0.464. The average molecular weight is 347 g/mol. The molecule has 1 unspecified atom stereocenters. The van der Waals surface area contributed by atoms with Gasteiger partial charge in [-0.3, -0.25) is 0 Å². The highest BCUT2D eigenvalue weighted by molar-refractivity contribution is 9.10. The first-order chi connectivity index (χ1) is 8.95. The molecular formula is C13H19BrN2O2S. The number of halogens is 1. The Bertz CT molecular complexity index is 560. The van der Waals surface area contributed by atoms with Crippen LogP contribution in [0.1, 0.15) is 18.9 Å². The minimum atomic E-state index is -3.38. The Kier molecular flexibility index (Phi) is 4.66. The summed E-state index contributed by atoms with van der Waals surface area (Å²) >= 11 is 3.35. The van der Waals surface area contributed by atoms with Gasteiger partial charge in [-0.25, -0.2) is 8.42 Å². The van der Waals surface area contributed by atoms with Gasteiger partial charge in [0.15, 0.2) is 0 Å². The van der Waals surface area contributed by atoms with E-state index in [1.165, 1.54) is 0 Å². The van der Waals surface area contributed by atoms with E-state index in [4.69, 9.17) is 0 Å². The van der Waals surface area contributed by atoms with Crippen molar-refractivity contribution < 1.29 is 8.42 Å². The first-order valence-corrected chi connectivity index (χ1v) is 8.61. The number of sulfonamides is 1. The summed E-state index contributed by atoms with van der Waals surface area (Å²) in [7, 11) is -1.54. The molecule has 1 atom stereocenters. The van der Waals surface area contributed by atoms with Crippen LogP contribution in [0.25, 0.3) is 0 Å². The number of nitrogens with one attached hydrogen (secondary N) is 1. The second-order valence-corrected chi connectivity index (χ2v) is 7.81. The van der Waals surface area contributed by atoms with Crippen LogP contribution in [0.2, 0.25) is 0 Å². The summed E-state index contributed by atoms with van der Waals surface area (Å²) in [5.74, 6) is 0.439. The van der Waals surface area contributed by atoms with E-state index in [0.717, 1.165) is 12.0 Å². The predicted octanol–water partition coefficient (Wildman–Crippen LogP) is 2.20. The van der Waals surface area contributed by atoms with Crippen molar-refractivity contribution in [3.63, 3.8) is 0 Å². The summed E-state index contributed by atoms with van der Waals surface area (Å²) in [5, 5.41) is 3.03. The molecule has 4 nitrogen and oxygen atoms in total. The monoisotopic (exact) mass is 346 g/mol. The molecule has 1 aromatic carbocycles. The fraction of sp³-hybridized carbons (Fsp3) is 0.538. The van der Waals surface area contributed by atoms with Gasteiger partial charge in [0.25, 0.3) is 0 Å². The first-order valence-electron chi connectivity index (χ1n) is 6.38. The molecule has 1 fully saturated rings. The van der Waals surface area contributed by atoms with Gasteiger partial charge in [-0.1, -0.05) is 13.0 Å². The molecule has 1 aliphatic heterocycles. The van der Waals surface area contributed by atoms with Crippen molar-refractivity contribution in [1.29, 1.82) is 0 Å². The molecular weight excluding hydrogens is 328 g/mol. The van der Waals surface area contributed by atoms with Gasteiger partial charge in [0.05, 0.1) is 4.90 Å². The van der Waals surface area contributed by atoms with Gasteiger partial charge in [0.2, 0.25) is 10.0 Å². The van der Waals surface area contributed by atoms with Crippen LogP contribution in [-0.2, 0) is 16.6 Å². The van der Waals surface area contributed by atoms with E-state index in [2.05, 4.69) is 28.2 Å². The fourth-order valence-corrected chi connectivity index (χ4v) is 4.86. The molecule has 0 amide bonds. The molecule has 2 rings (SSSR count). The van der Waals surface area contributed by atoms with Crippen LogP contribution in [0, 0.1) is 5.92 Å². The minimum absolute atomic E-state index is 0.370. The van der Waals surface area contributed by atoms with Crippen LogP contribution in [0.4, 0.5) is 0 Å². The van der Waals surface area contributed by atoms with Gasteiger partial charge in [-0.05, 0) is 53.0 Å². The number of hydrogen-bond acceptors (Lipinski definition) is 3. The van der Waals surface area contributed by atoms with E-state index in [1.54, 1.807) is 16.4 Å². The lowest BCUT2D eigenvalue weighted by Gasteiger charge is -2.17. The second-order valence-electron chi connectivity index (χ2n) is 5.05. The highest BCUT2D eigenvalue weighted by Gasteiger charge is 2.31. The maximum atomic E-state index is 12.6. The summed E-state index contributed by atoms with van der Waals surface area (Å²) in [5.41, 5.74) is 0.969. The molecule has 0 aliphatic carbocycles. The Morgan fingerprint density at radius 1 is 1.47 bits per heavy atom. The zero-order valence-electron chi connectivity index (χ0n) is 11.2.